The Hall–Kier alpha value is -9.18. The largest absolute Gasteiger partial charge is 0.310 e. The molecule has 11 aromatic carbocycles. The quantitative estimate of drug-likeness (QED) is 0.128. The maximum atomic E-state index is 2.46. The van der Waals surface area contributed by atoms with Gasteiger partial charge in [-0.2, -0.15) is 0 Å². The molecule has 74 heavy (non-hydrogen) atoms. The van der Waals surface area contributed by atoms with E-state index in [4.69, 9.17) is 0 Å². The number of nitrogens with zero attached hydrogens (tertiary/aromatic N) is 3. The lowest BCUT2D eigenvalue weighted by atomic mass is 9.62. The van der Waals surface area contributed by atoms with E-state index in [1.165, 1.54) is 66.8 Å². The third-order valence-corrected chi connectivity index (χ3v) is 14.9. The van der Waals surface area contributed by atoms with Crippen molar-refractivity contribution in [1.29, 1.82) is 0 Å². The zero-order valence-electron chi connectivity index (χ0n) is 42.3. The lowest BCUT2D eigenvalue weighted by Gasteiger charge is -2.47. The molecule has 0 saturated heterocycles. The van der Waals surface area contributed by atoms with Gasteiger partial charge in [0.15, 0.2) is 0 Å². The van der Waals surface area contributed by atoms with Crippen LogP contribution in [0.15, 0.2) is 273 Å². The zero-order chi connectivity index (χ0) is 50.2. The second-order valence-corrected chi connectivity index (χ2v) is 19.6. The van der Waals surface area contributed by atoms with Gasteiger partial charge >= 0.3 is 0 Å². The van der Waals surface area contributed by atoms with Crippen LogP contribution in [-0.4, -0.2) is 0 Å². The molecule has 0 spiro atoms. The Balaban J connectivity index is 1.05. The predicted molar refractivity (Wildman–Crippen MR) is 312 cm³/mol. The molecule has 3 nitrogen and oxygen atoms in total. The molecule has 0 aliphatic carbocycles. The topological polar surface area (TPSA) is 9.72 Å². The van der Waals surface area contributed by atoms with Gasteiger partial charge in [0, 0.05) is 39.8 Å². The van der Waals surface area contributed by atoms with E-state index in [0.717, 1.165) is 51.2 Å². The number of aryl methyl sites for hydroxylation is 4. The van der Waals surface area contributed by atoms with Crippen LogP contribution in [0.1, 0.15) is 44.5 Å². The van der Waals surface area contributed by atoms with Crippen LogP contribution in [0.5, 0.6) is 0 Å². The Labute approximate surface area is 436 Å². The molecular weight excluding hydrogens is 895 g/mol. The summed E-state index contributed by atoms with van der Waals surface area (Å²) in [5.74, 6) is 0. The molecule has 11 aromatic rings. The van der Waals surface area contributed by atoms with Crippen LogP contribution in [0.4, 0.5) is 51.2 Å². The first-order valence-corrected chi connectivity index (χ1v) is 25.7. The number of benzene rings is 11. The lowest BCUT2D eigenvalue weighted by molar-refractivity contribution is 0.730. The molecule has 0 radical (unpaired) electrons. The van der Waals surface area contributed by atoms with Gasteiger partial charge in [0.25, 0.3) is 0 Å². The fraction of sp³-hybridized carbons (Fsp3) is 0.0704. The van der Waals surface area contributed by atoms with Gasteiger partial charge in [-0.25, -0.2) is 0 Å². The average molecular weight is 952 g/mol. The number of fused-ring (bicyclic) bond motifs is 2. The SMILES string of the molecule is Cc1ccc(N2c3ccccc3C(c3ccc(N(c4ccc(-c5ccccc5)cc4)c4ccccc4C)cc3)(c3ccc(N(c4ccc(-c5ccccc5)cc4)c4ccccc4C)cc3)c3cc(C)ccc32)cc1. The first-order chi connectivity index (χ1) is 36.3. The lowest BCUT2D eigenvalue weighted by Crippen LogP contribution is -2.38. The minimum Gasteiger partial charge on any atom is -0.310 e. The number of hydrogen-bond donors (Lipinski definition) is 0. The van der Waals surface area contributed by atoms with Crippen molar-refractivity contribution < 1.29 is 0 Å². The highest BCUT2D eigenvalue weighted by molar-refractivity contribution is 5.91. The second-order valence-electron chi connectivity index (χ2n) is 19.6. The van der Waals surface area contributed by atoms with E-state index in [2.05, 4.69) is 315 Å². The van der Waals surface area contributed by atoms with Crippen LogP contribution < -0.4 is 14.7 Å². The van der Waals surface area contributed by atoms with Gasteiger partial charge in [0.1, 0.15) is 0 Å². The maximum absolute atomic E-state index is 2.46. The Morgan fingerprint density at radius 1 is 0.297 bits per heavy atom. The van der Waals surface area contributed by atoms with Crippen LogP contribution >= 0.6 is 0 Å². The molecule has 0 bridgehead atoms. The smallest absolute Gasteiger partial charge is 0.0742 e. The van der Waals surface area contributed by atoms with Crippen molar-refractivity contribution in [2.75, 3.05) is 14.7 Å². The number of anilines is 9. The summed E-state index contributed by atoms with van der Waals surface area (Å²) in [6, 6.07) is 100. The number of para-hydroxylation sites is 3. The molecule has 0 unspecified atom stereocenters. The molecule has 0 saturated carbocycles. The Morgan fingerprint density at radius 2 is 0.676 bits per heavy atom. The number of rotatable bonds is 11. The molecule has 1 aliphatic heterocycles. The minimum atomic E-state index is -0.716. The third-order valence-electron chi connectivity index (χ3n) is 14.9. The molecule has 0 fully saturated rings. The van der Waals surface area contributed by atoms with Crippen LogP contribution in [0.25, 0.3) is 22.3 Å². The van der Waals surface area contributed by atoms with Crippen molar-refractivity contribution in [3.63, 3.8) is 0 Å². The van der Waals surface area contributed by atoms with Gasteiger partial charge < -0.3 is 14.7 Å². The number of hydrogen-bond acceptors (Lipinski definition) is 3. The Morgan fingerprint density at radius 3 is 1.15 bits per heavy atom. The summed E-state index contributed by atoms with van der Waals surface area (Å²) in [6.45, 7) is 8.78. The maximum Gasteiger partial charge on any atom is 0.0742 e. The van der Waals surface area contributed by atoms with Crippen LogP contribution in [-0.2, 0) is 5.41 Å². The van der Waals surface area contributed by atoms with E-state index < -0.39 is 5.41 Å². The fourth-order valence-electron chi connectivity index (χ4n) is 11.2. The van der Waals surface area contributed by atoms with Gasteiger partial charge in [-0.05, 0) is 168 Å². The van der Waals surface area contributed by atoms with E-state index in [-0.39, 0.29) is 0 Å². The Kier molecular flexibility index (Phi) is 12.1. The van der Waals surface area contributed by atoms with Gasteiger partial charge in [-0.3, -0.25) is 0 Å². The van der Waals surface area contributed by atoms with Gasteiger partial charge in [-0.15, -0.1) is 0 Å². The predicted octanol–water partition coefficient (Wildman–Crippen LogP) is 19.4. The summed E-state index contributed by atoms with van der Waals surface area (Å²) in [4.78, 5) is 7.25. The van der Waals surface area contributed by atoms with Gasteiger partial charge in [-0.1, -0.05) is 199 Å². The molecule has 0 atom stereocenters. The summed E-state index contributed by atoms with van der Waals surface area (Å²) >= 11 is 0. The third kappa shape index (κ3) is 8.23. The van der Waals surface area contributed by atoms with E-state index >= 15 is 0 Å². The molecule has 12 rings (SSSR count). The second kappa shape index (κ2) is 19.4. The normalized spacial score (nSPS) is 12.4. The Bertz CT molecular complexity index is 3560. The van der Waals surface area contributed by atoms with Crippen molar-refractivity contribution in [3.8, 4) is 22.3 Å². The molecular formula is C71H57N3. The van der Waals surface area contributed by atoms with Gasteiger partial charge in [0.2, 0.25) is 0 Å². The molecule has 1 aliphatic rings. The summed E-state index contributed by atoms with van der Waals surface area (Å²) in [5, 5.41) is 0. The van der Waals surface area contributed by atoms with E-state index in [9.17, 15) is 0 Å². The highest BCUT2D eigenvalue weighted by Gasteiger charge is 2.46. The van der Waals surface area contributed by atoms with E-state index in [1.807, 2.05) is 0 Å². The van der Waals surface area contributed by atoms with Crippen LogP contribution in [0.2, 0.25) is 0 Å². The average Bonchev–Trinajstić information content (AvgIpc) is 3.48. The molecule has 0 N–H and O–H groups in total. The van der Waals surface area contributed by atoms with Gasteiger partial charge in [0.05, 0.1) is 16.8 Å². The molecule has 0 aromatic heterocycles. The molecule has 3 heteroatoms. The highest BCUT2D eigenvalue weighted by atomic mass is 15.2. The minimum absolute atomic E-state index is 0.716. The van der Waals surface area contributed by atoms with Crippen LogP contribution in [0, 0.1) is 27.7 Å². The van der Waals surface area contributed by atoms with Crippen molar-refractivity contribution >= 4 is 51.2 Å². The highest BCUT2D eigenvalue weighted by Crippen LogP contribution is 2.58. The first kappa shape index (κ1) is 45.9. The fourth-order valence-corrected chi connectivity index (χ4v) is 11.2. The standard InChI is InChI=1S/C71H57N3/c1-50-27-38-64(39-28-50)74-69-26-16-13-23-65(69)71(66-49-51(2)29-48-70(66)74,58-34-44-62(45-35-58)72(67-24-14-11-17-52(67)3)60-40-30-56(31-41-60)54-19-7-5-8-20-54)59-36-46-63(47-37-59)73(68-25-15-12-18-53(68)4)61-42-32-57(33-43-61)55-21-9-6-10-22-55/h5-49H,1-4H3. The van der Waals surface area contributed by atoms with Crippen LogP contribution in [0.3, 0.4) is 0 Å². The molecule has 1 heterocycles. The van der Waals surface area contributed by atoms with E-state index in [0.29, 0.717) is 0 Å². The van der Waals surface area contributed by atoms with Crippen molar-refractivity contribution in [3.05, 3.63) is 317 Å². The van der Waals surface area contributed by atoms with Crippen molar-refractivity contribution in [2.45, 2.75) is 33.1 Å². The van der Waals surface area contributed by atoms with Crippen molar-refractivity contribution in [2.24, 2.45) is 0 Å². The summed E-state index contributed by atoms with van der Waals surface area (Å²) in [5.41, 5.74) is 23.8. The summed E-state index contributed by atoms with van der Waals surface area (Å²) in [6.07, 6.45) is 0. The monoisotopic (exact) mass is 951 g/mol. The van der Waals surface area contributed by atoms with E-state index in [1.54, 1.807) is 0 Å². The van der Waals surface area contributed by atoms with Crippen molar-refractivity contribution in [1.82, 2.24) is 0 Å². The molecule has 0 amide bonds. The molecule has 356 valence electrons. The first-order valence-electron chi connectivity index (χ1n) is 25.7. The summed E-state index contributed by atoms with van der Waals surface area (Å²) in [7, 11) is 0. The zero-order valence-corrected chi connectivity index (χ0v) is 42.3. The summed E-state index contributed by atoms with van der Waals surface area (Å²) < 4.78 is 0.